The Bertz CT molecular complexity index is 336. The molecular formula is C11H14BrNO. The van der Waals surface area contributed by atoms with Gasteiger partial charge in [-0.3, -0.25) is 0 Å². The molecule has 1 fully saturated rings. The van der Waals surface area contributed by atoms with Gasteiger partial charge in [-0.2, -0.15) is 0 Å². The summed E-state index contributed by atoms with van der Waals surface area (Å²) < 4.78 is 6.36. The zero-order valence-corrected chi connectivity index (χ0v) is 9.75. The molecule has 2 nitrogen and oxygen atoms in total. The Balaban J connectivity index is 2.32. The third-order valence-corrected chi connectivity index (χ3v) is 3.17. The van der Waals surface area contributed by atoms with Crippen LogP contribution in [0.5, 0.6) is 5.75 Å². The predicted octanol–water partition coefficient (Wildman–Crippen LogP) is 2.87. The third kappa shape index (κ3) is 1.93. The van der Waals surface area contributed by atoms with Crippen LogP contribution in [0.4, 0.5) is 0 Å². The quantitative estimate of drug-likeness (QED) is 0.902. The Morgan fingerprint density at radius 2 is 2.21 bits per heavy atom. The molecule has 0 aromatic heterocycles. The Kier molecular flexibility index (Phi) is 2.79. The van der Waals surface area contributed by atoms with Crippen molar-refractivity contribution in [3.8, 4) is 5.75 Å². The first-order valence-electron chi connectivity index (χ1n) is 4.81. The summed E-state index contributed by atoms with van der Waals surface area (Å²) in [6.45, 7) is 0. The van der Waals surface area contributed by atoms with Crippen molar-refractivity contribution in [2.45, 2.75) is 18.9 Å². The fourth-order valence-corrected chi connectivity index (χ4v) is 2.05. The van der Waals surface area contributed by atoms with E-state index in [1.165, 1.54) is 12.8 Å². The molecule has 3 heteroatoms. The summed E-state index contributed by atoms with van der Waals surface area (Å²) in [5, 5.41) is 0. The number of halogens is 1. The average molecular weight is 256 g/mol. The van der Waals surface area contributed by atoms with Crippen molar-refractivity contribution in [1.82, 2.24) is 0 Å². The van der Waals surface area contributed by atoms with E-state index in [-0.39, 0.29) is 6.04 Å². The molecule has 0 aliphatic heterocycles. The van der Waals surface area contributed by atoms with E-state index < -0.39 is 0 Å². The fourth-order valence-electron chi connectivity index (χ4n) is 1.67. The summed E-state index contributed by atoms with van der Waals surface area (Å²) in [6, 6.07) is 6.12. The van der Waals surface area contributed by atoms with Crippen molar-refractivity contribution in [1.29, 1.82) is 0 Å². The Hall–Kier alpha value is -0.540. The maximum absolute atomic E-state index is 6.14. The molecule has 0 heterocycles. The van der Waals surface area contributed by atoms with Crippen molar-refractivity contribution < 1.29 is 4.74 Å². The van der Waals surface area contributed by atoms with Crippen LogP contribution in [0.1, 0.15) is 24.4 Å². The maximum atomic E-state index is 6.14. The van der Waals surface area contributed by atoms with E-state index in [1.807, 2.05) is 12.1 Å². The van der Waals surface area contributed by atoms with Crippen LogP contribution in [0.25, 0.3) is 0 Å². The Morgan fingerprint density at radius 1 is 1.50 bits per heavy atom. The first-order valence-corrected chi connectivity index (χ1v) is 5.60. The molecule has 1 aromatic rings. The van der Waals surface area contributed by atoms with Crippen molar-refractivity contribution in [2.24, 2.45) is 11.7 Å². The van der Waals surface area contributed by atoms with Crippen LogP contribution < -0.4 is 10.5 Å². The first kappa shape index (κ1) is 9.99. The van der Waals surface area contributed by atoms with Crippen molar-refractivity contribution in [3.05, 3.63) is 28.2 Å². The topological polar surface area (TPSA) is 35.2 Å². The average Bonchev–Trinajstić information content (AvgIpc) is 3.00. The lowest BCUT2D eigenvalue weighted by Gasteiger charge is -2.15. The minimum atomic E-state index is 0.127. The number of hydrogen-bond acceptors (Lipinski definition) is 2. The van der Waals surface area contributed by atoms with Crippen LogP contribution in [0.15, 0.2) is 22.7 Å². The second-order valence-electron chi connectivity index (χ2n) is 3.75. The molecule has 1 atom stereocenters. The minimum Gasteiger partial charge on any atom is -0.496 e. The molecular weight excluding hydrogens is 242 g/mol. The second kappa shape index (κ2) is 3.91. The lowest BCUT2D eigenvalue weighted by Crippen LogP contribution is -2.13. The smallest absolute Gasteiger partial charge is 0.123 e. The van der Waals surface area contributed by atoms with Gasteiger partial charge in [-0.1, -0.05) is 15.9 Å². The van der Waals surface area contributed by atoms with Crippen LogP contribution in [0.2, 0.25) is 0 Å². The fraction of sp³-hybridized carbons (Fsp3) is 0.455. The zero-order valence-electron chi connectivity index (χ0n) is 8.16. The highest BCUT2D eigenvalue weighted by molar-refractivity contribution is 9.10. The number of methoxy groups -OCH3 is 1. The van der Waals surface area contributed by atoms with Gasteiger partial charge in [-0.05, 0) is 37.0 Å². The van der Waals surface area contributed by atoms with Gasteiger partial charge in [-0.15, -0.1) is 0 Å². The van der Waals surface area contributed by atoms with Crippen LogP contribution in [-0.2, 0) is 0 Å². The van der Waals surface area contributed by atoms with Crippen LogP contribution >= 0.6 is 15.9 Å². The molecule has 0 saturated heterocycles. The molecule has 0 amide bonds. The van der Waals surface area contributed by atoms with Crippen molar-refractivity contribution in [3.63, 3.8) is 0 Å². The minimum absolute atomic E-state index is 0.127. The SMILES string of the molecule is COc1ccc(Br)cc1[C@H](N)C1CC1. The molecule has 0 radical (unpaired) electrons. The molecule has 1 aliphatic rings. The maximum Gasteiger partial charge on any atom is 0.123 e. The third-order valence-electron chi connectivity index (χ3n) is 2.68. The van der Waals surface area contributed by atoms with Gasteiger partial charge in [0.15, 0.2) is 0 Å². The van der Waals surface area contributed by atoms with E-state index in [9.17, 15) is 0 Å². The molecule has 0 unspecified atom stereocenters. The van der Waals surface area contributed by atoms with Gasteiger partial charge in [0.05, 0.1) is 7.11 Å². The van der Waals surface area contributed by atoms with Crippen LogP contribution in [-0.4, -0.2) is 7.11 Å². The van der Waals surface area contributed by atoms with Gasteiger partial charge in [0.25, 0.3) is 0 Å². The normalized spacial score (nSPS) is 17.9. The number of rotatable bonds is 3. The summed E-state index contributed by atoms with van der Waals surface area (Å²) in [6.07, 6.45) is 2.49. The molecule has 0 spiro atoms. The van der Waals surface area contributed by atoms with Crippen molar-refractivity contribution in [2.75, 3.05) is 7.11 Å². The van der Waals surface area contributed by atoms with Gasteiger partial charge in [0.2, 0.25) is 0 Å². The molecule has 1 aliphatic carbocycles. The monoisotopic (exact) mass is 255 g/mol. The molecule has 1 saturated carbocycles. The van der Waals surface area contributed by atoms with Gasteiger partial charge >= 0.3 is 0 Å². The number of hydrogen-bond donors (Lipinski definition) is 1. The van der Waals surface area contributed by atoms with Crippen LogP contribution in [0.3, 0.4) is 0 Å². The summed E-state index contributed by atoms with van der Waals surface area (Å²) >= 11 is 3.45. The molecule has 2 N–H and O–H groups in total. The number of benzene rings is 1. The zero-order chi connectivity index (χ0) is 10.1. The van der Waals surface area contributed by atoms with Crippen LogP contribution in [0, 0.1) is 5.92 Å². The lowest BCUT2D eigenvalue weighted by atomic mass is 10.0. The standard InChI is InChI=1S/C11H14BrNO/c1-14-10-5-4-8(12)6-9(10)11(13)7-2-3-7/h4-7,11H,2-3,13H2,1H3/t11-/m1/s1. The van der Waals surface area contributed by atoms with E-state index in [0.29, 0.717) is 5.92 Å². The Labute approximate surface area is 92.6 Å². The van der Waals surface area contributed by atoms with Gasteiger partial charge in [-0.25, -0.2) is 0 Å². The summed E-state index contributed by atoms with van der Waals surface area (Å²) in [7, 11) is 1.69. The first-order chi connectivity index (χ1) is 6.72. The lowest BCUT2D eigenvalue weighted by molar-refractivity contribution is 0.403. The summed E-state index contributed by atoms with van der Waals surface area (Å²) in [5.74, 6) is 1.55. The molecule has 0 bridgehead atoms. The highest BCUT2D eigenvalue weighted by Crippen LogP contribution is 2.42. The van der Waals surface area contributed by atoms with Gasteiger partial charge < -0.3 is 10.5 Å². The molecule has 76 valence electrons. The number of ether oxygens (including phenoxy) is 1. The largest absolute Gasteiger partial charge is 0.496 e. The molecule has 2 rings (SSSR count). The van der Waals surface area contributed by atoms with E-state index in [2.05, 4.69) is 22.0 Å². The highest BCUT2D eigenvalue weighted by atomic mass is 79.9. The summed E-state index contributed by atoms with van der Waals surface area (Å²) in [4.78, 5) is 0. The van der Waals surface area contributed by atoms with Gasteiger partial charge in [0, 0.05) is 16.1 Å². The highest BCUT2D eigenvalue weighted by Gasteiger charge is 2.31. The Morgan fingerprint density at radius 3 is 2.79 bits per heavy atom. The van der Waals surface area contributed by atoms with Crippen molar-refractivity contribution >= 4 is 15.9 Å². The van der Waals surface area contributed by atoms with Gasteiger partial charge in [0.1, 0.15) is 5.75 Å². The van der Waals surface area contributed by atoms with E-state index in [4.69, 9.17) is 10.5 Å². The van der Waals surface area contributed by atoms with E-state index in [0.717, 1.165) is 15.8 Å². The molecule has 14 heavy (non-hydrogen) atoms. The predicted molar refractivity (Wildman–Crippen MR) is 60.3 cm³/mol. The van der Waals surface area contributed by atoms with E-state index in [1.54, 1.807) is 7.11 Å². The number of nitrogens with two attached hydrogens (primary N) is 1. The summed E-state index contributed by atoms with van der Waals surface area (Å²) in [5.41, 5.74) is 7.26. The second-order valence-corrected chi connectivity index (χ2v) is 4.67. The van der Waals surface area contributed by atoms with E-state index >= 15 is 0 Å². The molecule has 1 aromatic carbocycles.